The summed E-state index contributed by atoms with van der Waals surface area (Å²) in [7, 11) is 4.70. The van der Waals surface area contributed by atoms with E-state index in [2.05, 4.69) is 6.92 Å². The molecular weight excluding hydrogens is 334 g/mol. The summed E-state index contributed by atoms with van der Waals surface area (Å²) in [6.07, 6.45) is 9.44. The number of aliphatic hydroxyl groups is 2. The van der Waals surface area contributed by atoms with Crippen molar-refractivity contribution in [2.45, 2.75) is 77.1 Å². The van der Waals surface area contributed by atoms with Gasteiger partial charge in [0.25, 0.3) is 5.97 Å². The molecule has 0 rings (SSSR count). The molecule has 0 saturated heterocycles. The number of ether oxygens (including phenoxy) is 3. The summed E-state index contributed by atoms with van der Waals surface area (Å²) in [5.74, 6) is -1.17. The van der Waals surface area contributed by atoms with Gasteiger partial charge in [-0.25, -0.2) is 0 Å². The van der Waals surface area contributed by atoms with Gasteiger partial charge in [-0.05, 0) is 44.6 Å². The summed E-state index contributed by atoms with van der Waals surface area (Å²) in [6.45, 7) is 2.84. The SMILES string of the molecule is CCCCCCCC(CCO)C(CCO)(CCCN)C(OC)(OC)OC. The second-order valence-electron chi connectivity index (χ2n) is 7.10. The van der Waals surface area contributed by atoms with Crippen LogP contribution in [0.15, 0.2) is 0 Å². The highest BCUT2D eigenvalue weighted by molar-refractivity contribution is 4.94. The van der Waals surface area contributed by atoms with E-state index in [9.17, 15) is 10.2 Å². The van der Waals surface area contributed by atoms with Crippen molar-refractivity contribution in [1.82, 2.24) is 0 Å². The third-order valence-corrected chi connectivity index (χ3v) is 5.72. The Morgan fingerprint density at radius 1 is 0.808 bits per heavy atom. The van der Waals surface area contributed by atoms with E-state index in [-0.39, 0.29) is 19.1 Å². The molecule has 2 atom stereocenters. The zero-order valence-electron chi connectivity index (χ0n) is 17.5. The molecule has 2 unspecified atom stereocenters. The molecule has 0 radical (unpaired) electrons. The molecule has 26 heavy (non-hydrogen) atoms. The molecule has 158 valence electrons. The maximum absolute atomic E-state index is 9.85. The van der Waals surface area contributed by atoms with Crippen molar-refractivity contribution < 1.29 is 24.4 Å². The maximum atomic E-state index is 9.85. The van der Waals surface area contributed by atoms with Gasteiger partial charge in [0, 0.05) is 34.5 Å². The van der Waals surface area contributed by atoms with Gasteiger partial charge < -0.3 is 30.2 Å². The Bertz CT molecular complexity index is 317. The highest BCUT2D eigenvalue weighted by Gasteiger charge is 2.56. The van der Waals surface area contributed by atoms with Gasteiger partial charge in [0.2, 0.25) is 0 Å². The molecule has 0 aliphatic rings. The third kappa shape index (κ3) is 6.73. The van der Waals surface area contributed by atoms with Crippen LogP contribution in [-0.4, -0.2) is 57.3 Å². The molecule has 4 N–H and O–H groups in total. The van der Waals surface area contributed by atoms with Gasteiger partial charge in [-0.1, -0.05) is 39.0 Å². The summed E-state index contributed by atoms with van der Waals surface area (Å²) < 4.78 is 17.2. The normalized spacial score (nSPS) is 15.8. The number of hydrogen-bond acceptors (Lipinski definition) is 6. The minimum atomic E-state index is -1.27. The molecule has 6 heteroatoms. The first-order chi connectivity index (χ1) is 12.6. The Morgan fingerprint density at radius 3 is 1.88 bits per heavy atom. The van der Waals surface area contributed by atoms with Gasteiger partial charge >= 0.3 is 0 Å². The van der Waals surface area contributed by atoms with Crippen molar-refractivity contribution in [3.63, 3.8) is 0 Å². The first-order valence-electron chi connectivity index (χ1n) is 10.1. The summed E-state index contributed by atoms with van der Waals surface area (Å²) in [4.78, 5) is 0. The summed E-state index contributed by atoms with van der Waals surface area (Å²) in [5, 5.41) is 19.6. The van der Waals surface area contributed by atoms with Gasteiger partial charge in [-0.15, -0.1) is 0 Å². The molecule has 6 nitrogen and oxygen atoms in total. The summed E-state index contributed by atoms with van der Waals surface area (Å²) in [6, 6.07) is 0. The van der Waals surface area contributed by atoms with Crippen LogP contribution in [-0.2, 0) is 14.2 Å². The van der Waals surface area contributed by atoms with Crippen molar-refractivity contribution in [2.24, 2.45) is 17.1 Å². The molecule has 0 aromatic heterocycles. The second-order valence-corrected chi connectivity index (χ2v) is 7.10. The monoisotopic (exact) mass is 377 g/mol. The predicted molar refractivity (Wildman–Crippen MR) is 105 cm³/mol. The Morgan fingerprint density at radius 2 is 1.42 bits per heavy atom. The Hall–Kier alpha value is -0.240. The Kier molecular flexibility index (Phi) is 14.6. The lowest BCUT2D eigenvalue weighted by Gasteiger charge is -2.51. The number of rotatable bonds is 18. The largest absolute Gasteiger partial charge is 0.396 e. The minimum absolute atomic E-state index is 0.000163. The van der Waals surface area contributed by atoms with E-state index in [1.165, 1.54) is 25.7 Å². The highest BCUT2D eigenvalue weighted by Crippen LogP contribution is 2.51. The van der Waals surface area contributed by atoms with E-state index < -0.39 is 11.4 Å². The quantitative estimate of drug-likeness (QED) is 0.251. The van der Waals surface area contributed by atoms with Gasteiger partial charge in [-0.2, -0.15) is 0 Å². The molecule has 0 amide bonds. The molecule has 0 bridgehead atoms. The maximum Gasteiger partial charge on any atom is 0.288 e. The fourth-order valence-electron chi connectivity index (χ4n) is 4.41. The van der Waals surface area contributed by atoms with Crippen LogP contribution in [0.1, 0.15) is 71.1 Å². The van der Waals surface area contributed by atoms with Gasteiger partial charge in [0.15, 0.2) is 0 Å². The van der Waals surface area contributed by atoms with Crippen LogP contribution in [0.4, 0.5) is 0 Å². The van der Waals surface area contributed by atoms with Crippen LogP contribution in [0.2, 0.25) is 0 Å². The Balaban J connectivity index is 5.67. The minimum Gasteiger partial charge on any atom is -0.396 e. The zero-order valence-corrected chi connectivity index (χ0v) is 17.5. The number of nitrogens with two attached hydrogens (primary N) is 1. The number of hydrogen-bond donors (Lipinski definition) is 3. The van der Waals surface area contributed by atoms with Crippen molar-refractivity contribution in [3.05, 3.63) is 0 Å². The van der Waals surface area contributed by atoms with E-state index in [1.54, 1.807) is 21.3 Å². The molecule has 0 aromatic rings. The van der Waals surface area contributed by atoms with Crippen LogP contribution < -0.4 is 5.73 Å². The average molecular weight is 378 g/mol. The lowest BCUT2D eigenvalue weighted by Crippen LogP contribution is -2.57. The van der Waals surface area contributed by atoms with Crippen LogP contribution >= 0.6 is 0 Å². The van der Waals surface area contributed by atoms with E-state index in [0.29, 0.717) is 25.8 Å². The molecule has 0 fully saturated rings. The van der Waals surface area contributed by atoms with E-state index >= 15 is 0 Å². The third-order valence-electron chi connectivity index (χ3n) is 5.72. The van der Waals surface area contributed by atoms with Gasteiger partial charge in [-0.3, -0.25) is 0 Å². The van der Waals surface area contributed by atoms with Crippen LogP contribution in [0.3, 0.4) is 0 Å². The first-order valence-corrected chi connectivity index (χ1v) is 10.1. The van der Waals surface area contributed by atoms with E-state index in [1.807, 2.05) is 0 Å². The predicted octanol–water partition coefficient (Wildman–Crippen LogP) is 3.05. The van der Waals surface area contributed by atoms with Crippen LogP contribution in [0, 0.1) is 11.3 Å². The van der Waals surface area contributed by atoms with Gasteiger partial charge in [0.05, 0.1) is 5.41 Å². The van der Waals surface area contributed by atoms with Gasteiger partial charge in [0.1, 0.15) is 0 Å². The smallest absolute Gasteiger partial charge is 0.288 e. The van der Waals surface area contributed by atoms with Crippen molar-refractivity contribution >= 4 is 0 Å². The molecule has 0 aliphatic heterocycles. The molecule has 0 spiro atoms. The first kappa shape index (κ1) is 25.8. The summed E-state index contributed by atoms with van der Waals surface area (Å²) >= 11 is 0. The van der Waals surface area contributed by atoms with E-state index in [0.717, 1.165) is 19.3 Å². The number of unbranched alkanes of at least 4 members (excludes halogenated alkanes) is 4. The second kappa shape index (κ2) is 14.8. The summed E-state index contributed by atoms with van der Waals surface area (Å²) in [5.41, 5.74) is 5.22. The van der Waals surface area contributed by atoms with Crippen LogP contribution in [0.5, 0.6) is 0 Å². The Labute approximate surface area is 160 Å². The fourth-order valence-corrected chi connectivity index (χ4v) is 4.41. The van der Waals surface area contributed by atoms with Crippen molar-refractivity contribution in [3.8, 4) is 0 Å². The van der Waals surface area contributed by atoms with Crippen molar-refractivity contribution in [2.75, 3.05) is 41.1 Å². The standard InChI is InChI=1S/C20H43NO5/c1-5-6-7-8-9-11-18(12-16-22)19(14-17-23,13-10-15-21)20(24-2,25-3)26-4/h18,22-23H,5-17,21H2,1-4H3. The number of methoxy groups -OCH3 is 3. The molecular formula is C20H43NO5. The zero-order chi connectivity index (χ0) is 19.9. The molecule has 0 aliphatic carbocycles. The topological polar surface area (TPSA) is 94.2 Å². The average Bonchev–Trinajstić information content (AvgIpc) is 2.66. The number of aliphatic hydroxyl groups excluding tert-OH is 2. The molecule has 0 heterocycles. The van der Waals surface area contributed by atoms with E-state index in [4.69, 9.17) is 19.9 Å². The lowest BCUT2D eigenvalue weighted by molar-refractivity contribution is -0.420. The lowest BCUT2D eigenvalue weighted by atomic mass is 9.64. The highest BCUT2D eigenvalue weighted by atomic mass is 16.9. The van der Waals surface area contributed by atoms with Crippen LogP contribution in [0.25, 0.3) is 0 Å². The molecule has 0 aromatic carbocycles. The fraction of sp³-hybridized carbons (Fsp3) is 1.00. The molecule has 0 saturated carbocycles. The van der Waals surface area contributed by atoms with Crippen molar-refractivity contribution in [1.29, 1.82) is 0 Å².